The fourth-order valence-corrected chi connectivity index (χ4v) is 3.07. The Hall–Kier alpha value is -1.40. The van der Waals surface area contributed by atoms with Gasteiger partial charge in [-0.25, -0.2) is 8.42 Å². The number of benzene rings is 1. The van der Waals surface area contributed by atoms with Crippen LogP contribution in [-0.2, 0) is 14.8 Å². The SMILES string of the molecule is Cc1ccccc1S(=O)(=O)NC(C)C(=O)NC(C)C. The van der Waals surface area contributed by atoms with Crippen LogP contribution < -0.4 is 10.0 Å². The zero-order valence-corrected chi connectivity index (χ0v) is 12.4. The molecule has 0 aliphatic heterocycles. The fraction of sp³-hybridized carbons (Fsp3) is 0.462. The van der Waals surface area contributed by atoms with Crippen molar-refractivity contribution in [3.8, 4) is 0 Å². The van der Waals surface area contributed by atoms with Crippen LogP contribution in [-0.4, -0.2) is 26.4 Å². The van der Waals surface area contributed by atoms with Crippen molar-refractivity contribution in [2.45, 2.75) is 44.7 Å². The second kappa shape index (κ2) is 6.16. The van der Waals surface area contributed by atoms with E-state index in [1.54, 1.807) is 25.1 Å². The van der Waals surface area contributed by atoms with Gasteiger partial charge in [0.15, 0.2) is 0 Å². The maximum absolute atomic E-state index is 12.2. The van der Waals surface area contributed by atoms with Gasteiger partial charge in [-0.1, -0.05) is 18.2 Å². The van der Waals surface area contributed by atoms with Crippen LogP contribution in [0.25, 0.3) is 0 Å². The van der Waals surface area contributed by atoms with E-state index >= 15 is 0 Å². The predicted octanol–water partition coefficient (Wildman–Crippen LogP) is 1.19. The predicted molar refractivity (Wildman–Crippen MR) is 74.2 cm³/mol. The normalized spacial score (nSPS) is 13.3. The molecule has 1 aromatic carbocycles. The van der Waals surface area contributed by atoms with Gasteiger partial charge in [-0.05, 0) is 39.3 Å². The van der Waals surface area contributed by atoms with E-state index in [9.17, 15) is 13.2 Å². The van der Waals surface area contributed by atoms with E-state index in [0.29, 0.717) is 5.56 Å². The van der Waals surface area contributed by atoms with Gasteiger partial charge in [0, 0.05) is 6.04 Å². The Morgan fingerprint density at radius 3 is 2.26 bits per heavy atom. The Morgan fingerprint density at radius 2 is 1.74 bits per heavy atom. The molecule has 1 aromatic rings. The summed E-state index contributed by atoms with van der Waals surface area (Å²) in [6, 6.07) is 5.81. The van der Waals surface area contributed by atoms with Gasteiger partial charge in [-0.2, -0.15) is 4.72 Å². The maximum Gasteiger partial charge on any atom is 0.241 e. The number of sulfonamides is 1. The summed E-state index contributed by atoms with van der Waals surface area (Å²) in [4.78, 5) is 11.9. The summed E-state index contributed by atoms with van der Waals surface area (Å²) in [6.45, 7) is 6.88. The number of carbonyl (C=O) groups excluding carboxylic acids is 1. The van der Waals surface area contributed by atoms with Crippen LogP contribution >= 0.6 is 0 Å². The van der Waals surface area contributed by atoms with E-state index in [2.05, 4.69) is 10.0 Å². The van der Waals surface area contributed by atoms with Crippen molar-refractivity contribution in [2.24, 2.45) is 0 Å². The summed E-state index contributed by atoms with van der Waals surface area (Å²) in [5.74, 6) is -0.341. The van der Waals surface area contributed by atoms with Crippen molar-refractivity contribution in [1.29, 1.82) is 0 Å². The maximum atomic E-state index is 12.2. The van der Waals surface area contributed by atoms with Crippen LogP contribution in [0.3, 0.4) is 0 Å². The minimum Gasteiger partial charge on any atom is -0.353 e. The summed E-state index contributed by atoms with van der Waals surface area (Å²) >= 11 is 0. The van der Waals surface area contributed by atoms with E-state index in [0.717, 1.165) is 0 Å². The summed E-state index contributed by atoms with van der Waals surface area (Å²) in [6.07, 6.45) is 0. The molecule has 0 saturated heterocycles. The molecule has 1 rings (SSSR count). The molecular weight excluding hydrogens is 264 g/mol. The summed E-state index contributed by atoms with van der Waals surface area (Å²) in [5, 5.41) is 2.67. The molecule has 0 bridgehead atoms. The van der Waals surface area contributed by atoms with Crippen molar-refractivity contribution >= 4 is 15.9 Å². The van der Waals surface area contributed by atoms with Crippen molar-refractivity contribution in [3.05, 3.63) is 29.8 Å². The van der Waals surface area contributed by atoms with Gasteiger partial charge in [0.2, 0.25) is 15.9 Å². The van der Waals surface area contributed by atoms with E-state index in [-0.39, 0.29) is 16.8 Å². The summed E-state index contributed by atoms with van der Waals surface area (Å²) in [7, 11) is -3.68. The number of rotatable bonds is 5. The third-order valence-electron chi connectivity index (χ3n) is 2.54. The van der Waals surface area contributed by atoms with E-state index < -0.39 is 16.1 Å². The molecular formula is C13H20N2O3S. The largest absolute Gasteiger partial charge is 0.353 e. The van der Waals surface area contributed by atoms with Gasteiger partial charge in [0.1, 0.15) is 0 Å². The molecule has 1 unspecified atom stereocenters. The highest BCUT2D eigenvalue weighted by Gasteiger charge is 2.23. The molecule has 0 aromatic heterocycles. The molecule has 0 aliphatic rings. The molecule has 0 radical (unpaired) electrons. The van der Waals surface area contributed by atoms with Crippen LogP contribution in [0.2, 0.25) is 0 Å². The van der Waals surface area contributed by atoms with Crippen LogP contribution in [0.1, 0.15) is 26.3 Å². The quantitative estimate of drug-likeness (QED) is 0.852. The van der Waals surface area contributed by atoms with Crippen LogP contribution in [0.15, 0.2) is 29.2 Å². The standard InChI is InChI=1S/C13H20N2O3S/c1-9(2)14-13(16)11(4)15-19(17,18)12-8-6-5-7-10(12)3/h5-9,11,15H,1-4H3,(H,14,16). The lowest BCUT2D eigenvalue weighted by Gasteiger charge is -2.16. The zero-order valence-electron chi connectivity index (χ0n) is 11.6. The first-order valence-electron chi connectivity index (χ1n) is 6.12. The second-order valence-electron chi connectivity index (χ2n) is 4.77. The number of carbonyl (C=O) groups is 1. The van der Waals surface area contributed by atoms with Crippen LogP contribution in [0.5, 0.6) is 0 Å². The van der Waals surface area contributed by atoms with Crippen LogP contribution in [0, 0.1) is 6.92 Å². The number of amides is 1. The highest BCUT2D eigenvalue weighted by Crippen LogP contribution is 2.14. The Labute approximate surface area is 114 Å². The Morgan fingerprint density at radius 1 is 1.16 bits per heavy atom. The average molecular weight is 284 g/mol. The Balaban J connectivity index is 2.87. The van der Waals surface area contributed by atoms with Crippen molar-refractivity contribution in [3.63, 3.8) is 0 Å². The number of aryl methyl sites for hydroxylation is 1. The first kappa shape index (κ1) is 15.7. The lowest BCUT2D eigenvalue weighted by Crippen LogP contribution is -2.46. The monoisotopic (exact) mass is 284 g/mol. The molecule has 2 N–H and O–H groups in total. The Bertz CT molecular complexity index is 553. The molecule has 0 aliphatic carbocycles. The first-order chi connectivity index (χ1) is 8.74. The highest BCUT2D eigenvalue weighted by molar-refractivity contribution is 7.89. The van der Waals surface area contributed by atoms with Crippen molar-refractivity contribution < 1.29 is 13.2 Å². The van der Waals surface area contributed by atoms with Gasteiger partial charge < -0.3 is 5.32 Å². The first-order valence-corrected chi connectivity index (χ1v) is 7.60. The number of hydrogen-bond acceptors (Lipinski definition) is 3. The lowest BCUT2D eigenvalue weighted by atomic mass is 10.2. The van der Waals surface area contributed by atoms with E-state index in [1.807, 2.05) is 13.8 Å². The summed E-state index contributed by atoms with van der Waals surface area (Å²) < 4.78 is 26.7. The van der Waals surface area contributed by atoms with Crippen molar-refractivity contribution in [2.75, 3.05) is 0 Å². The molecule has 106 valence electrons. The van der Waals surface area contributed by atoms with Crippen molar-refractivity contribution in [1.82, 2.24) is 10.0 Å². The molecule has 1 atom stereocenters. The molecule has 19 heavy (non-hydrogen) atoms. The van der Waals surface area contributed by atoms with Gasteiger partial charge >= 0.3 is 0 Å². The minimum atomic E-state index is -3.68. The average Bonchev–Trinajstić information content (AvgIpc) is 2.27. The number of nitrogens with one attached hydrogen (secondary N) is 2. The molecule has 5 nitrogen and oxygen atoms in total. The number of hydrogen-bond donors (Lipinski definition) is 2. The molecule has 0 saturated carbocycles. The second-order valence-corrected chi connectivity index (χ2v) is 6.45. The lowest BCUT2D eigenvalue weighted by molar-refractivity contribution is -0.122. The van der Waals surface area contributed by atoms with Gasteiger partial charge in [0.05, 0.1) is 10.9 Å². The van der Waals surface area contributed by atoms with E-state index in [1.165, 1.54) is 13.0 Å². The molecule has 0 heterocycles. The third kappa shape index (κ3) is 4.33. The molecule has 0 spiro atoms. The van der Waals surface area contributed by atoms with Gasteiger partial charge in [-0.3, -0.25) is 4.79 Å². The fourth-order valence-electron chi connectivity index (χ4n) is 1.62. The topological polar surface area (TPSA) is 75.3 Å². The minimum absolute atomic E-state index is 0.0297. The highest BCUT2D eigenvalue weighted by atomic mass is 32.2. The van der Waals surface area contributed by atoms with E-state index in [4.69, 9.17) is 0 Å². The molecule has 0 fully saturated rings. The smallest absolute Gasteiger partial charge is 0.241 e. The van der Waals surface area contributed by atoms with Gasteiger partial charge in [0.25, 0.3) is 0 Å². The zero-order chi connectivity index (χ0) is 14.6. The Kier molecular flexibility index (Phi) is 5.08. The summed E-state index contributed by atoms with van der Waals surface area (Å²) in [5.41, 5.74) is 0.645. The molecule has 1 amide bonds. The molecule has 6 heteroatoms. The van der Waals surface area contributed by atoms with Gasteiger partial charge in [-0.15, -0.1) is 0 Å². The third-order valence-corrected chi connectivity index (χ3v) is 4.24. The van der Waals surface area contributed by atoms with Crippen LogP contribution in [0.4, 0.5) is 0 Å².